The van der Waals surface area contributed by atoms with Gasteiger partial charge in [-0.3, -0.25) is 0 Å². The van der Waals surface area contributed by atoms with E-state index in [0.717, 1.165) is 0 Å². The molecular weight excluding hydrogens is 342 g/mol. The molecule has 0 spiro atoms. The van der Waals surface area contributed by atoms with Crippen LogP contribution in [0.3, 0.4) is 0 Å². The zero-order valence-corrected chi connectivity index (χ0v) is 16.2. The summed E-state index contributed by atoms with van der Waals surface area (Å²) in [4.78, 5) is 0. The molecule has 5 rings (SSSR count). The van der Waals surface area contributed by atoms with E-state index in [2.05, 4.69) is 90.2 Å². The maximum atomic E-state index is 7.10. The standard InChI is InChI=1S/C26H27NO/c1-4-12-20(13-5-1)25-27-24-19-11-10-18-23(24)26(28-25,21-14-6-2-7-15-21)22-16-8-3-9-17-22/h2-3,6-11,14-20,25,27H,1,4-5,12-13H2. The minimum atomic E-state index is -0.591. The number of anilines is 1. The van der Waals surface area contributed by atoms with E-state index in [0.29, 0.717) is 5.92 Å². The van der Waals surface area contributed by atoms with E-state index >= 15 is 0 Å². The Morgan fingerprint density at radius 1 is 0.679 bits per heavy atom. The lowest BCUT2D eigenvalue weighted by molar-refractivity contribution is -0.0736. The highest BCUT2D eigenvalue weighted by molar-refractivity contribution is 5.63. The third kappa shape index (κ3) is 2.93. The number of nitrogens with one attached hydrogen (secondary N) is 1. The summed E-state index contributed by atoms with van der Waals surface area (Å²) >= 11 is 0. The van der Waals surface area contributed by atoms with Crippen molar-refractivity contribution in [3.05, 3.63) is 102 Å². The van der Waals surface area contributed by atoms with Crippen LogP contribution in [0.25, 0.3) is 0 Å². The van der Waals surface area contributed by atoms with Gasteiger partial charge in [0.05, 0.1) is 0 Å². The van der Waals surface area contributed by atoms with E-state index in [1.807, 2.05) is 0 Å². The quantitative estimate of drug-likeness (QED) is 0.583. The molecule has 2 heteroatoms. The summed E-state index contributed by atoms with van der Waals surface area (Å²) in [7, 11) is 0. The highest BCUT2D eigenvalue weighted by atomic mass is 16.5. The molecule has 0 saturated heterocycles. The van der Waals surface area contributed by atoms with Crippen molar-refractivity contribution in [2.75, 3.05) is 5.32 Å². The van der Waals surface area contributed by atoms with E-state index in [-0.39, 0.29) is 6.23 Å². The zero-order valence-electron chi connectivity index (χ0n) is 16.2. The molecule has 1 N–H and O–H groups in total. The summed E-state index contributed by atoms with van der Waals surface area (Å²) in [6, 6.07) is 30.1. The highest BCUT2D eigenvalue weighted by Crippen LogP contribution is 2.49. The van der Waals surface area contributed by atoms with Gasteiger partial charge in [0.15, 0.2) is 0 Å². The van der Waals surface area contributed by atoms with Gasteiger partial charge in [-0.05, 0) is 30.0 Å². The van der Waals surface area contributed by atoms with Crippen LogP contribution in [0.5, 0.6) is 0 Å². The number of hydrogen-bond acceptors (Lipinski definition) is 2. The van der Waals surface area contributed by atoms with E-state index in [1.54, 1.807) is 0 Å². The van der Waals surface area contributed by atoms with Crippen molar-refractivity contribution in [1.29, 1.82) is 0 Å². The van der Waals surface area contributed by atoms with Crippen molar-refractivity contribution in [2.45, 2.75) is 43.9 Å². The Bertz CT molecular complexity index is 876. The summed E-state index contributed by atoms with van der Waals surface area (Å²) < 4.78 is 7.10. The van der Waals surface area contributed by atoms with Crippen molar-refractivity contribution < 1.29 is 4.74 Å². The predicted octanol–water partition coefficient (Wildman–Crippen LogP) is 6.33. The largest absolute Gasteiger partial charge is 0.360 e. The lowest BCUT2D eigenvalue weighted by Gasteiger charge is -2.47. The monoisotopic (exact) mass is 369 g/mol. The van der Waals surface area contributed by atoms with Gasteiger partial charge in [0.1, 0.15) is 11.8 Å². The average molecular weight is 370 g/mol. The number of benzene rings is 3. The molecule has 1 fully saturated rings. The van der Waals surface area contributed by atoms with Crippen LogP contribution < -0.4 is 5.32 Å². The molecule has 1 heterocycles. The van der Waals surface area contributed by atoms with Gasteiger partial charge in [0, 0.05) is 17.2 Å². The van der Waals surface area contributed by atoms with Gasteiger partial charge in [-0.1, -0.05) is 98.1 Å². The van der Waals surface area contributed by atoms with Crippen molar-refractivity contribution in [3.8, 4) is 0 Å². The van der Waals surface area contributed by atoms with E-state index in [9.17, 15) is 0 Å². The van der Waals surface area contributed by atoms with Crippen LogP contribution in [0.2, 0.25) is 0 Å². The minimum absolute atomic E-state index is 0.0237. The molecule has 1 atom stereocenters. The molecule has 3 aromatic rings. The molecule has 0 aromatic heterocycles. The Kier molecular flexibility index (Phi) is 4.66. The van der Waals surface area contributed by atoms with Gasteiger partial charge < -0.3 is 10.1 Å². The molecule has 1 saturated carbocycles. The van der Waals surface area contributed by atoms with Crippen molar-refractivity contribution >= 4 is 5.69 Å². The first-order valence-corrected chi connectivity index (χ1v) is 10.5. The average Bonchev–Trinajstić information content (AvgIpc) is 2.80. The van der Waals surface area contributed by atoms with E-state index < -0.39 is 5.60 Å². The van der Waals surface area contributed by atoms with Crippen LogP contribution in [0.1, 0.15) is 48.8 Å². The zero-order chi connectivity index (χ0) is 18.8. The number of ether oxygens (including phenoxy) is 1. The van der Waals surface area contributed by atoms with Crippen LogP contribution in [-0.4, -0.2) is 6.23 Å². The molecule has 1 aliphatic carbocycles. The van der Waals surface area contributed by atoms with Gasteiger partial charge in [0.25, 0.3) is 0 Å². The van der Waals surface area contributed by atoms with Gasteiger partial charge in [0.2, 0.25) is 0 Å². The SMILES string of the molecule is c1ccc(C2(c3ccccc3)OC(C3CCCCC3)Nc3ccccc32)cc1. The normalized spacial score (nSPS) is 21.5. The molecule has 1 aliphatic heterocycles. The highest BCUT2D eigenvalue weighted by Gasteiger charge is 2.46. The fraction of sp³-hybridized carbons (Fsp3) is 0.308. The summed E-state index contributed by atoms with van der Waals surface area (Å²) in [6.45, 7) is 0. The van der Waals surface area contributed by atoms with Gasteiger partial charge >= 0.3 is 0 Å². The lowest BCUT2D eigenvalue weighted by Crippen LogP contribution is -2.47. The molecule has 2 nitrogen and oxygen atoms in total. The second-order valence-corrected chi connectivity index (χ2v) is 8.04. The maximum Gasteiger partial charge on any atom is 0.148 e. The third-order valence-electron chi connectivity index (χ3n) is 6.35. The van der Waals surface area contributed by atoms with Crippen LogP contribution in [-0.2, 0) is 10.3 Å². The third-order valence-corrected chi connectivity index (χ3v) is 6.35. The summed E-state index contributed by atoms with van der Waals surface area (Å²) in [5, 5.41) is 3.74. The van der Waals surface area contributed by atoms with Crippen LogP contribution in [0, 0.1) is 5.92 Å². The van der Waals surface area contributed by atoms with Crippen molar-refractivity contribution in [1.82, 2.24) is 0 Å². The molecule has 3 aromatic carbocycles. The smallest absolute Gasteiger partial charge is 0.148 e. The molecule has 0 amide bonds. The molecule has 28 heavy (non-hydrogen) atoms. The summed E-state index contributed by atoms with van der Waals surface area (Å²) in [6.07, 6.45) is 6.45. The number of fused-ring (bicyclic) bond motifs is 1. The Balaban J connectivity index is 1.71. The fourth-order valence-corrected chi connectivity index (χ4v) is 4.96. The Morgan fingerprint density at radius 2 is 1.25 bits per heavy atom. The van der Waals surface area contributed by atoms with Gasteiger partial charge in [-0.15, -0.1) is 0 Å². The van der Waals surface area contributed by atoms with Crippen molar-refractivity contribution in [3.63, 3.8) is 0 Å². The Morgan fingerprint density at radius 3 is 1.89 bits per heavy atom. The Hall–Kier alpha value is -2.58. The Labute approximate surface area is 167 Å². The van der Waals surface area contributed by atoms with Crippen LogP contribution in [0.4, 0.5) is 5.69 Å². The van der Waals surface area contributed by atoms with Crippen LogP contribution in [0.15, 0.2) is 84.9 Å². The molecule has 0 bridgehead atoms. The predicted molar refractivity (Wildman–Crippen MR) is 114 cm³/mol. The first kappa shape index (κ1) is 17.5. The van der Waals surface area contributed by atoms with Crippen LogP contribution >= 0.6 is 0 Å². The van der Waals surface area contributed by atoms with E-state index in [1.165, 1.54) is 54.5 Å². The first-order chi connectivity index (χ1) is 13.9. The number of rotatable bonds is 3. The summed E-state index contributed by atoms with van der Waals surface area (Å²) in [5.41, 5.74) is 4.18. The van der Waals surface area contributed by atoms with Crippen molar-refractivity contribution in [2.24, 2.45) is 5.92 Å². The minimum Gasteiger partial charge on any atom is -0.360 e. The van der Waals surface area contributed by atoms with Gasteiger partial charge in [-0.25, -0.2) is 0 Å². The summed E-state index contributed by atoms with van der Waals surface area (Å²) in [5.74, 6) is 0.550. The first-order valence-electron chi connectivity index (χ1n) is 10.5. The molecule has 2 aliphatic rings. The lowest BCUT2D eigenvalue weighted by atomic mass is 9.77. The van der Waals surface area contributed by atoms with Gasteiger partial charge in [-0.2, -0.15) is 0 Å². The molecule has 0 radical (unpaired) electrons. The second-order valence-electron chi connectivity index (χ2n) is 8.04. The fourth-order valence-electron chi connectivity index (χ4n) is 4.96. The molecule has 1 unspecified atom stereocenters. The maximum absolute atomic E-state index is 7.10. The molecular formula is C26H27NO. The molecule has 142 valence electrons. The van der Waals surface area contributed by atoms with E-state index in [4.69, 9.17) is 4.74 Å². The second kappa shape index (κ2) is 7.44. The number of para-hydroxylation sites is 1. The number of hydrogen-bond donors (Lipinski definition) is 1. The topological polar surface area (TPSA) is 21.3 Å².